The molecule has 0 saturated carbocycles. The summed E-state index contributed by atoms with van der Waals surface area (Å²) in [6.07, 6.45) is 0. The number of aryl methyl sites for hydroxylation is 1. The molecule has 2 heterocycles. The van der Waals surface area contributed by atoms with E-state index < -0.39 is 0 Å². The van der Waals surface area contributed by atoms with E-state index in [0.29, 0.717) is 40.9 Å². The molecule has 0 unspecified atom stereocenters. The summed E-state index contributed by atoms with van der Waals surface area (Å²) in [5.41, 5.74) is 2.43. The first-order valence-corrected chi connectivity index (χ1v) is 9.97. The molecular weight excluding hydrogens is 368 g/mol. The maximum Gasteiger partial charge on any atom is 0.200 e. The molecule has 0 amide bonds. The molecule has 3 aromatic rings. The van der Waals surface area contributed by atoms with Gasteiger partial charge in [0.05, 0.1) is 23.1 Å². The fraction of sp³-hybridized carbons (Fsp3) is 0.348. The highest BCUT2D eigenvalue weighted by Gasteiger charge is 2.22. The van der Waals surface area contributed by atoms with E-state index >= 15 is 0 Å². The Balaban J connectivity index is 1.70. The number of piperazine rings is 1. The minimum atomic E-state index is -0.0797. The molecule has 1 fully saturated rings. The molecule has 0 spiro atoms. The number of aromatic hydroxyl groups is 1. The number of benzene rings is 2. The van der Waals surface area contributed by atoms with Gasteiger partial charge in [0.1, 0.15) is 17.1 Å². The highest BCUT2D eigenvalue weighted by atomic mass is 16.3. The van der Waals surface area contributed by atoms with Crippen molar-refractivity contribution in [1.82, 2.24) is 9.80 Å². The second-order valence-corrected chi connectivity index (χ2v) is 7.51. The molecule has 0 radical (unpaired) electrons. The molecule has 0 atom stereocenters. The minimum Gasteiger partial charge on any atom is -0.507 e. The average Bonchev–Trinajstić information content (AvgIpc) is 2.72. The number of phenolic OH excluding ortho intramolecular Hbond substituents is 1. The molecule has 6 heteroatoms. The van der Waals surface area contributed by atoms with E-state index in [1.807, 2.05) is 30.3 Å². The van der Waals surface area contributed by atoms with Gasteiger partial charge in [-0.2, -0.15) is 0 Å². The van der Waals surface area contributed by atoms with Gasteiger partial charge in [-0.15, -0.1) is 0 Å². The molecule has 6 nitrogen and oxygen atoms in total. The standard InChI is InChI=1S/C23H26N2O4/c1-16-21(17-5-3-2-4-6-17)22(28)18-7-8-20(27)19(23(18)29-16)15-25-11-9-24(10-12-25)13-14-26/h2-8,26-27H,9-15H2,1H3. The van der Waals surface area contributed by atoms with Crippen molar-refractivity contribution in [3.63, 3.8) is 0 Å². The zero-order valence-electron chi connectivity index (χ0n) is 16.6. The van der Waals surface area contributed by atoms with Gasteiger partial charge in [0.25, 0.3) is 0 Å². The summed E-state index contributed by atoms with van der Waals surface area (Å²) >= 11 is 0. The predicted molar refractivity (Wildman–Crippen MR) is 113 cm³/mol. The van der Waals surface area contributed by atoms with E-state index in [-0.39, 0.29) is 17.8 Å². The van der Waals surface area contributed by atoms with Gasteiger partial charge >= 0.3 is 0 Å². The van der Waals surface area contributed by atoms with Gasteiger partial charge in [-0.05, 0) is 24.6 Å². The van der Waals surface area contributed by atoms with Crippen LogP contribution in [0, 0.1) is 6.92 Å². The molecular formula is C23H26N2O4. The van der Waals surface area contributed by atoms with Crippen molar-refractivity contribution in [3.8, 4) is 16.9 Å². The highest BCUT2D eigenvalue weighted by Crippen LogP contribution is 2.31. The molecule has 0 bridgehead atoms. The lowest BCUT2D eigenvalue weighted by Crippen LogP contribution is -2.46. The number of fused-ring (bicyclic) bond motifs is 1. The smallest absolute Gasteiger partial charge is 0.200 e. The van der Waals surface area contributed by atoms with E-state index in [1.165, 1.54) is 0 Å². The van der Waals surface area contributed by atoms with Crippen molar-refractivity contribution < 1.29 is 14.6 Å². The van der Waals surface area contributed by atoms with Crippen LogP contribution in [0.4, 0.5) is 0 Å². The number of β-amino-alcohol motifs (C(OH)–C–C–N with tert-alkyl or cyclic N) is 1. The molecule has 1 saturated heterocycles. The Kier molecular flexibility index (Phi) is 5.67. The van der Waals surface area contributed by atoms with Crippen molar-refractivity contribution in [3.05, 3.63) is 64.0 Å². The maximum atomic E-state index is 13.2. The first-order chi connectivity index (χ1) is 14.1. The summed E-state index contributed by atoms with van der Waals surface area (Å²) < 4.78 is 6.11. The number of aliphatic hydroxyl groups excluding tert-OH is 1. The third-order valence-electron chi connectivity index (χ3n) is 5.64. The van der Waals surface area contributed by atoms with Crippen LogP contribution >= 0.6 is 0 Å². The molecule has 29 heavy (non-hydrogen) atoms. The molecule has 2 aromatic carbocycles. The number of hydrogen-bond acceptors (Lipinski definition) is 6. The van der Waals surface area contributed by atoms with E-state index in [1.54, 1.807) is 19.1 Å². The van der Waals surface area contributed by atoms with Crippen LogP contribution in [-0.2, 0) is 6.54 Å². The van der Waals surface area contributed by atoms with Crippen LogP contribution in [0.3, 0.4) is 0 Å². The van der Waals surface area contributed by atoms with Gasteiger partial charge < -0.3 is 14.6 Å². The van der Waals surface area contributed by atoms with E-state index in [2.05, 4.69) is 9.80 Å². The van der Waals surface area contributed by atoms with Crippen molar-refractivity contribution in [1.29, 1.82) is 0 Å². The molecule has 1 aromatic heterocycles. The second kappa shape index (κ2) is 8.37. The van der Waals surface area contributed by atoms with E-state index in [0.717, 1.165) is 31.7 Å². The van der Waals surface area contributed by atoms with Crippen molar-refractivity contribution in [2.24, 2.45) is 0 Å². The van der Waals surface area contributed by atoms with Crippen LogP contribution in [-0.4, -0.2) is 59.3 Å². The van der Waals surface area contributed by atoms with Gasteiger partial charge in [-0.1, -0.05) is 30.3 Å². The first-order valence-electron chi connectivity index (χ1n) is 9.97. The van der Waals surface area contributed by atoms with Gasteiger partial charge in [-0.25, -0.2) is 0 Å². The topological polar surface area (TPSA) is 77.2 Å². The van der Waals surface area contributed by atoms with E-state index in [4.69, 9.17) is 9.52 Å². The molecule has 1 aliphatic rings. The fourth-order valence-electron chi connectivity index (χ4n) is 4.04. The third kappa shape index (κ3) is 3.92. The third-order valence-corrected chi connectivity index (χ3v) is 5.64. The molecule has 4 rings (SSSR count). The van der Waals surface area contributed by atoms with Crippen LogP contribution in [0.15, 0.2) is 51.7 Å². The van der Waals surface area contributed by atoms with Crippen LogP contribution < -0.4 is 5.43 Å². The maximum absolute atomic E-state index is 13.2. The Morgan fingerprint density at radius 2 is 1.69 bits per heavy atom. The Hall–Kier alpha value is -2.67. The fourth-order valence-corrected chi connectivity index (χ4v) is 4.04. The number of nitrogens with zero attached hydrogens (tertiary/aromatic N) is 2. The summed E-state index contributed by atoms with van der Waals surface area (Å²) in [4.78, 5) is 17.7. The lowest BCUT2D eigenvalue weighted by atomic mass is 10.0. The Morgan fingerprint density at radius 1 is 1.00 bits per heavy atom. The SMILES string of the molecule is Cc1oc2c(CN3CCN(CCO)CC3)c(O)ccc2c(=O)c1-c1ccccc1. The van der Waals surface area contributed by atoms with Gasteiger partial charge in [-0.3, -0.25) is 14.6 Å². The van der Waals surface area contributed by atoms with Gasteiger partial charge in [0.2, 0.25) is 5.43 Å². The minimum absolute atomic E-state index is 0.0797. The van der Waals surface area contributed by atoms with Crippen LogP contribution in [0.5, 0.6) is 5.75 Å². The number of aliphatic hydroxyl groups is 1. The van der Waals surface area contributed by atoms with Crippen LogP contribution in [0.25, 0.3) is 22.1 Å². The molecule has 0 aliphatic carbocycles. The first kappa shape index (κ1) is 19.6. The lowest BCUT2D eigenvalue weighted by Gasteiger charge is -2.34. The van der Waals surface area contributed by atoms with Crippen LogP contribution in [0.1, 0.15) is 11.3 Å². The lowest BCUT2D eigenvalue weighted by molar-refractivity contribution is 0.108. The Morgan fingerprint density at radius 3 is 2.38 bits per heavy atom. The summed E-state index contributed by atoms with van der Waals surface area (Å²) in [6, 6.07) is 12.7. The largest absolute Gasteiger partial charge is 0.507 e. The van der Waals surface area contributed by atoms with Crippen molar-refractivity contribution >= 4 is 11.0 Å². The van der Waals surface area contributed by atoms with Crippen molar-refractivity contribution in [2.45, 2.75) is 13.5 Å². The molecule has 1 aliphatic heterocycles. The molecule has 2 N–H and O–H groups in total. The highest BCUT2D eigenvalue weighted by molar-refractivity contribution is 5.86. The van der Waals surface area contributed by atoms with Gasteiger partial charge in [0.15, 0.2) is 0 Å². The summed E-state index contributed by atoms with van der Waals surface area (Å²) in [5.74, 6) is 0.693. The predicted octanol–water partition coefficient (Wildman–Crippen LogP) is 2.58. The number of hydrogen-bond donors (Lipinski definition) is 2. The van der Waals surface area contributed by atoms with Gasteiger partial charge in [0, 0.05) is 39.3 Å². The zero-order chi connectivity index (χ0) is 20.4. The van der Waals surface area contributed by atoms with Crippen molar-refractivity contribution in [2.75, 3.05) is 39.3 Å². The number of phenols is 1. The summed E-state index contributed by atoms with van der Waals surface area (Å²) in [5, 5.41) is 20.1. The molecule has 152 valence electrons. The summed E-state index contributed by atoms with van der Waals surface area (Å²) in [7, 11) is 0. The quantitative estimate of drug-likeness (QED) is 0.693. The normalized spacial score (nSPS) is 15.8. The van der Waals surface area contributed by atoms with Crippen LogP contribution in [0.2, 0.25) is 0 Å². The average molecular weight is 394 g/mol. The Bertz CT molecular complexity index is 1050. The zero-order valence-corrected chi connectivity index (χ0v) is 16.6. The number of rotatable bonds is 5. The Labute approximate surface area is 169 Å². The van der Waals surface area contributed by atoms with E-state index in [9.17, 15) is 9.90 Å². The summed E-state index contributed by atoms with van der Waals surface area (Å²) in [6.45, 7) is 6.57. The second-order valence-electron chi connectivity index (χ2n) is 7.51. The monoisotopic (exact) mass is 394 g/mol.